The Balaban J connectivity index is 1.55. The SMILES string of the molecule is O=C1N=c2ccccc2=C1c1c(O)oc2cc3c(C4=c5ccccc5=NC4O)c(O)oc3cc12. The molecule has 3 N–H and O–H groups in total. The summed E-state index contributed by atoms with van der Waals surface area (Å²) in [4.78, 5) is 21.0. The van der Waals surface area contributed by atoms with Crippen molar-refractivity contribution in [2.24, 2.45) is 9.98 Å². The van der Waals surface area contributed by atoms with Gasteiger partial charge in [0.1, 0.15) is 11.2 Å². The molecule has 2 aliphatic heterocycles. The van der Waals surface area contributed by atoms with E-state index in [2.05, 4.69) is 9.98 Å². The van der Waals surface area contributed by atoms with Gasteiger partial charge in [0.15, 0.2) is 6.23 Å². The Morgan fingerprint density at radius 3 is 2.09 bits per heavy atom. The largest absolute Gasteiger partial charge is 0.480 e. The molecule has 1 atom stereocenters. The van der Waals surface area contributed by atoms with E-state index in [0.717, 1.165) is 0 Å². The predicted octanol–water partition coefficient (Wildman–Crippen LogP) is 1.10. The maximum absolute atomic E-state index is 12.7. The third-order valence-corrected chi connectivity index (χ3v) is 6.30. The minimum atomic E-state index is -1.18. The van der Waals surface area contributed by atoms with Gasteiger partial charge in [-0.05, 0) is 24.3 Å². The smallest absolute Gasteiger partial charge is 0.291 e. The Morgan fingerprint density at radius 2 is 1.35 bits per heavy atom. The molecule has 3 aromatic carbocycles. The highest BCUT2D eigenvalue weighted by Gasteiger charge is 2.30. The first-order chi connectivity index (χ1) is 16.5. The van der Waals surface area contributed by atoms with Crippen LogP contribution in [-0.2, 0) is 4.79 Å². The lowest BCUT2D eigenvalue weighted by Gasteiger charge is -2.05. The first-order valence-electron chi connectivity index (χ1n) is 10.5. The van der Waals surface area contributed by atoms with Crippen LogP contribution in [0, 0.1) is 0 Å². The summed E-state index contributed by atoms with van der Waals surface area (Å²) in [6, 6.07) is 17.5. The number of carbonyl (C=O) groups excluding carboxylic acids is 1. The van der Waals surface area contributed by atoms with Crippen LogP contribution in [0.25, 0.3) is 33.1 Å². The van der Waals surface area contributed by atoms with E-state index in [9.17, 15) is 20.1 Å². The number of aliphatic hydroxyl groups is 1. The zero-order valence-corrected chi connectivity index (χ0v) is 17.3. The molecule has 0 saturated carbocycles. The third kappa shape index (κ3) is 2.37. The number of carbonyl (C=O) groups is 1. The Morgan fingerprint density at radius 1 is 0.765 bits per heavy atom. The number of rotatable bonds is 2. The summed E-state index contributed by atoms with van der Waals surface area (Å²) in [5.41, 5.74) is 1.72. The zero-order valence-electron chi connectivity index (χ0n) is 17.3. The lowest BCUT2D eigenvalue weighted by molar-refractivity contribution is -0.112. The summed E-state index contributed by atoms with van der Waals surface area (Å²) in [5.74, 6) is -1.28. The summed E-state index contributed by atoms with van der Waals surface area (Å²) < 4.78 is 11.3. The van der Waals surface area contributed by atoms with Gasteiger partial charge in [-0.25, -0.2) is 9.98 Å². The van der Waals surface area contributed by atoms with Gasteiger partial charge >= 0.3 is 0 Å². The van der Waals surface area contributed by atoms with Crippen LogP contribution in [0.5, 0.6) is 11.9 Å². The molecule has 2 aliphatic rings. The Bertz CT molecular complexity index is 1980. The Kier molecular flexibility index (Phi) is 3.56. The fourth-order valence-electron chi connectivity index (χ4n) is 4.88. The molecule has 5 aromatic rings. The summed E-state index contributed by atoms with van der Waals surface area (Å²) in [6.07, 6.45) is -1.18. The molecule has 7 rings (SSSR count). The number of nitrogens with zero attached hydrogens (tertiary/aromatic N) is 2. The molecule has 0 aliphatic carbocycles. The van der Waals surface area contributed by atoms with Crippen molar-refractivity contribution in [3.05, 3.63) is 92.9 Å². The second kappa shape index (κ2) is 6.43. The highest BCUT2D eigenvalue weighted by Crippen LogP contribution is 2.43. The van der Waals surface area contributed by atoms with E-state index in [1.54, 1.807) is 48.5 Å². The molecule has 4 heterocycles. The second-order valence-electron chi connectivity index (χ2n) is 8.15. The summed E-state index contributed by atoms with van der Waals surface area (Å²) >= 11 is 0. The van der Waals surface area contributed by atoms with Gasteiger partial charge in [-0.2, -0.15) is 0 Å². The number of hydrogen-bond donors (Lipinski definition) is 3. The van der Waals surface area contributed by atoms with E-state index in [1.807, 2.05) is 12.1 Å². The van der Waals surface area contributed by atoms with Gasteiger partial charge in [0.2, 0.25) is 0 Å². The molecule has 0 fully saturated rings. The van der Waals surface area contributed by atoms with Crippen LogP contribution in [-0.4, -0.2) is 27.5 Å². The molecule has 0 saturated heterocycles. The molecule has 2 aromatic heterocycles. The van der Waals surface area contributed by atoms with E-state index < -0.39 is 18.1 Å². The minimum Gasteiger partial charge on any atom is -0.480 e. The lowest BCUT2D eigenvalue weighted by Crippen LogP contribution is -2.22. The molecule has 0 radical (unpaired) electrons. The average molecular weight is 450 g/mol. The van der Waals surface area contributed by atoms with Crippen LogP contribution < -0.4 is 21.2 Å². The number of para-hydroxylation sites is 2. The molecule has 8 heteroatoms. The van der Waals surface area contributed by atoms with E-state index in [-0.39, 0.29) is 22.7 Å². The molecule has 8 nitrogen and oxygen atoms in total. The quantitative estimate of drug-likeness (QED) is 0.370. The van der Waals surface area contributed by atoms with E-state index in [0.29, 0.717) is 48.6 Å². The highest BCUT2D eigenvalue weighted by atomic mass is 16.5. The van der Waals surface area contributed by atoms with Crippen LogP contribution in [0.4, 0.5) is 0 Å². The van der Waals surface area contributed by atoms with Gasteiger partial charge in [-0.15, -0.1) is 0 Å². The van der Waals surface area contributed by atoms with Crippen LogP contribution in [0.2, 0.25) is 0 Å². The molecule has 1 unspecified atom stereocenters. The van der Waals surface area contributed by atoms with Crippen molar-refractivity contribution >= 4 is 39.0 Å². The molecular weight excluding hydrogens is 436 g/mol. The van der Waals surface area contributed by atoms with Crippen LogP contribution in [0.1, 0.15) is 11.1 Å². The van der Waals surface area contributed by atoms with Gasteiger partial charge in [0.05, 0.1) is 27.4 Å². The second-order valence-corrected chi connectivity index (χ2v) is 8.15. The molecule has 164 valence electrons. The van der Waals surface area contributed by atoms with Gasteiger partial charge in [-0.1, -0.05) is 36.4 Å². The van der Waals surface area contributed by atoms with Crippen molar-refractivity contribution in [2.75, 3.05) is 0 Å². The number of hydrogen-bond acceptors (Lipinski definition) is 7. The number of benzene rings is 3. The summed E-state index contributed by atoms with van der Waals surface area (Å²) in [6.45, 7) is 0. The number of aromatic hydroxyl groups is 2. The highest BCUT2D eigenvalue weighted by molar-refractivity contribution is 6.25. The molecule has 0 bridgehead atoms. The first kappa shape index (κ1) is 18.8. The lowest BCUT2D eigenvalue weighted by atomic mass is 9.98. The van der Waals surface area contributed by atoms with Gasteiger partial charge in [0, 0.05) is 26.8 Å². The molecule has 1 amide bonds. The minimum absolute atomic E-state index is 0.210. The van der Waals surface area contributed by atoms with E-state index >= 15 is 0 Å². The monoisotopic (exact) mass is 450 g/mol. The normalized spacial score (nSPS) is 16.7. The van der Waals surface area contributed by atoms with Crippen molar-refractivity contribution in [2.45, 2.75) is 6.23 Å². The third-order valence-electron chi connectivity index (χ3n) is 6.30. The van der Waals surface area contributed by atoms with Gasteiger partial charge in [0.25, 0.3) is 17.8 Å². The maximum Gasteiger partial charge on any atom is 0.291 e. The number of amides is 1. The summed E-state index contributed by atoms with van der Waals surface area (Å²) in [7, 11) is 0. The number of fused-ring (bicyclic) bond motifs is 4. The predicted molar refractivity (Wildman–Crippen MR) is 120 cm³/mol. The fourth-order valence-corrected chi connectivity index (χ4v) is 4.88. The van der Waals surface area contributed by atoms with Gasteiger partial charge in [-0.3, -0.25) is 4.79 Å². The molecule has 34 heavy (non-hydrogen) atoms. The van der Waals surface area contributed by atoms with Crippen LogP contribution in [0.15, 0.2) is 79.5 Å². The van der Waals surface area contributed by atoms with Crippen molar-refractivity contribution in [1.29, 1.82) is 0 Å². The zero-order chi connectivity index (χ0) is 23.1. The average Bonchev–Trinajstić information content (AvgIpc) is 3.51. The van der Waals surface area contributed by atoms with Crippen molar-refractivity contribution in [3.63, 3.8) is 0 Å². The van der Waals surface area contributed by atoms with Crippen molar-refractivity contribution in [3.8, 4) is 11.9 Å². The van der Waals surface area contributed by atoms with E-state index in [1.165, 1.54) is 0 Å². The fraction of sp³-hybridized carbons (Fsp3) is 0.0385. The van der Waals surface area contributed by atoms with Crippen molar-refractivity contribution in [1.82, 2.24) is 0 Å². The number of aliphatic hydroxyl groups excluding tert-OH is 1. The molecule has 0 spiro atoms. The summed E-state index contributed by atoms with van der Waals surface area (Å²) in [5, 5.41) is 35.3. The first-order valence-corrected chi connectivity index (χ1v) is 10.5. The van der Waals surface area contributed by atoms with Crippen LogP contribution >= 0.6 is 0 Å². The van der Waals surface area contributed by atoms with Crippen molar-refractivity contribution < 1.29 is 28.9 Å². The molecular formula is C26H14N2O6. The Labute approximate surface area is 189 Å². The van der Waals surface area contributed by atoms with E-state index in [4.69, 9.17) is 8.83 Å². The standard InChI is InChI=1S/C26H14N2O6/c29-23-19(11-5-1-3-7-15(11)27-23)21-13-9-18-14(10-17(13)33-25(21)31)22(26(32)34-18)20-12-6-2-4-8-16(12)28-24(20)30/h1-10,23,29,31-32H. The van der Waals surface area contributed by atoms with Crippen LogP contribution in [0.3, 0.4) is 0 Å². The van der Waals surface area contributed by atoms with Gasteiger partial charge < -0.3 is 24.2 Å². The number of furan rings is 2. The maximum atomic E-state index is 12.7. The topological polar surface area (TPSA) is 129 Å². The Hall–Kier alpha value is -4.69.